The molecule has 0 aromatic carbocycles. The number of nitrogens with zero attached hydrogens (tertiary/aromatic N) is 1. The molecule has 0 bridgehead atoms. The molecule has 0 N–H and O–H groups in total. The molecule has 0 aliphatic heterocycles. The first-order chi connectivity index (χ1) is 4.12. The van der Waals surface area contributed by atoms with E-state index < -0.39 is 0 Å². The molecule has 0 saturated carbocycles. The summed E-state index contributed by atoms with van der Waals surface area (Å²) in [5, 5.41) is 0. The Balaban J connectivity index is 0. The molecule has 59 valence electrons. The van der Waals surface area contributed by atoms with E-state index in [1.54, 1.807) is 0 Å². The zero-order valence-corrected chi connectivity index (χ0v) is 8.51. The van der Waals surface area contributed by atoms with Crippen LogP contribution in [-0.4, -0.2) is 18.8 Å². The van der Waals surface area contributed by atoms with Gasteiger partial charge < -0.3 is 9.58 Å². The van der Waals surface area contributed by atoms with Crippen LogP contribution >= 0.6 is 0 Å². The van der Waals surface area contributed by atoms with Crippen molar-refractivity contribution in [3.8, 4) is 0 Å². The third-order valence-corrected chi connectivity index (χ3v) is 0.995. The van der Waals surface area contributed by atoms with E-state index in [0.29, 0.717) is 13.2 Å². The largest absolute Gasteiger partial charge is 0.368 e. The van der Waals surface area contributed by atoms with Crippen LogP contribution < -0.4 is 0 Å². The maximum absolute atomic E-state index is 6.58. The number of ether oxygens (including phenoxy) is 1. The molecule has 0 aliphatic carbocycles. The Morgan fingerprint density at radius 1 is 1.50 bits per heavy atom. The molecule has 0 aliphatic rings. The topological polar surface area (TPSA) is 13.6 Å². The minimum absolute atomic E-state index is 0. The van der Waals surface area contributed by atoms with Crippen molar-refractivity contribution < 1.29 is 24.8 Å². The molecule has 0 rings (SSSR count). The minimum atomic E-state index is -0.253. The summed E-state index contributed by atoms with van der Waals surface area (Å²) in [6.07, 6.45) is 0. The molecule has 0 heterocycles. The van der Waals surface area contributed by atoms with Gasteiger partial charge in [-0.15, -0.1) is 0 Å². The van der Waals surface area contributed by atoms with E-state index in [1.165, 1.54) is 0 Å². The van der Waals surface area contributed by atoms with Gasteiger partial charge in [-0.25, -0.2) is 6.57 Å². The summed E-state index contributed by atoms with van der Waals surface area (Å²) in [5.41, 5.74) is -0.253. The fraction of sp³-hybridized carbons (Fsp3) is 0.857. The van der Waals surface area contributed by atoms with E-state index in [0.717, 1.165) is 0 Å². The van der Waals surface area contributed by atoms with Gasteiger partial charge in [0.05, 0.1) is 0 Å². The van der Waals surface area contributed by atoms with Gasteiger partial charge in [-0.1, -0.05) is 0 Å². The molecule has 0 aromatic heterocycles. The van der Waals surface area contributed by atoms with Crippen LogP contribution in [0, 0.1) is 6.57 Å². The zero-order chi connectivity index (χ0) is 7.33. The molecule has 0 amide bonds. The van der Waals surface area contributed by atoms with Crippen LogP contribution in [0.2, 0.25) is 0 Å². The molecule has 0 aromatic rings. The Hall–Kier alpha value is 0.0994. The third-order valence-electron chi connectivity index (χ3n) is 0.995. The first-order valence-electron chi connectivity index (χ1n) is 3.09. The molecule has 1 radical (unpaired) electrons. The van der Waals surface area contributed by atoms with Crippen molar-refractivity contribution >= 4 is 0 Å². The number of hydrogen-bond acceptors (Lipinski definition) is 1. The maximum Gasteiger partial charge on any atom is 0.242 e. The average molecular weight is 226 g/mol. The van der Waals surface area contributed by atoms with Crippen LogP contribution in [0.1, 0.15) is 20.8 Å². The van der Waals surface area contributed by atoms with Gasteiger partial charge in [0.15, 0.2) is 0 Å². The molecule has 10 heavy (non-hydrogen) atoms. The molecular weight excluding hydrogens is 213 g/mol. The molecule has 2 nitrogen and oxygen atoms in total. The molecule has 0 saturated heterocycles. The zero-order valence-electron chi connectivity index (χ0n) is 6.65. The Morgan fingerprint density at radius 3 is 2.30 bits per heavy atom. The second-order valence-electron chi connectivity index (χ2n) is 2.51. The van der Waals surface area contributed by atoms with Crippen molar-refractivity contribution in [2.45, 2.75) is 26.4 Å². The Labute approximate surface area is 76.1 Å². The fourth-order valence-corrected chi connectivity index (χ4v) is 0.627. The molecular formula is C7H13NOTc. The number of rotatable bonds is 3. The molecule has 0 spiro atoms. The summed E-state index contributed by atoms with van der Waals surface area (Å²) in [6, 6.07) is 0. The Kier molecular flexibility index (Phi) is 7.46. The Morgan fingerprint density at radius 2 is 2.00 bits per heavy atom. The van der Waals surface area contributed by atoms with E-state index >= 15 is 0 Å². The van der Waals surface area contributed by atoms with Crippen molar-refractivity contribution in [3.05, 3.63) is 11.4 Å². The third kappa shape index (κ3) is 6.22. The smallest absolute Gasteiger partial charge is 0.242 e. The predicted molar refractivity (Wildman–Crippen MR) is 37.2 cm³/mol. The summed E-state index contributed by atoms with van der Waals surface area (Å²) in [4.78, 5) is 3.25. The van der Waals surface area contributed by atoms with Gasteiger partial charge in [-0.3, -0.25) is 0 Å². The van der Waals surface area contributed by atoms with Crippen molar-refractivity contribution in [1.29, 1.82) is 0 Å². The second kappa shape index (κ2) is 5.85. The summed E-state index contributed by atoms with van der Waals surface area (Å²) in [5.74, 6) is 0. The minimum Gasteiger partial charge on any atom is -0.368 e. The van der Waals surface area contributed by atoms with Gasteiger partial charge in [-0.05, 0) is 20.8 Å². The van der Waals surface area contributed by atoms with Crippen LogP contribution in [0.15, 0.2) is 0 Å². The Bertz CT molecular complexity index is 117. The molecule has 0 fully saturated rings. The van der Waals surface area contributed by atoms with Gasteiger partial charge in [0.1, 0.15) is 5.60 Å². The van der Waals surface area contributed by atoms with E-state index in [2.05, 4.69) is 4.85 Å². The maximum atomic E-state index is 6.58. The van der Waals surface area contributed by atoms with Crippen LogP contribution in [0.4, 0.5) is 0 Å². The van der Waals surface area contributed by atoms with Gasteiger partial charge in [0, 0.05) is 26.7 Å². The summed E-state index contributed by atoms with van der Waals surface area (Å²) >= 11 is 0. The second-order valence-corrected chi connectivity index (χ2v) is 2.51. The fourth-order valence-electron chi connectivity index (χ4n) is 0.627. The van der Waals surface area contributed by atoms with Crippen molar-refractivity contribution in [2.75, 3.05) is 13.2 Å². The monoisotopic (exact) mass is 226 g/mol. The van der Waals surface area contributed by atoms with E-state index in [1.807, 2.05) is 20.8 Å². The molecule has 0 unspecified atom stereocenters. The summed E-state index contributed by atoms with van der Waals surface area (Å²) in [7, 11) is 0. The van der Waals surface area contributed by atoms with Crippen LogP contribution in [-0.2, 0) is 24.8 Å². The predicted octanol–water partition coefficient (Wildman–Crippen LogP) is 1.72. The first-order valence-corrected chi connectivity index (χ1v) is 3.09. The van der Waals surface area contributed by atoms with Crippen LogP contribution in [0.5, 0.6) is 0 Å². The van der Waals surface area contributed by atoms with Gasteiger partial charge in [0.2, 0.25) is 6.54 Å². The SMILES string of the molecule is [99Tc].[C-]#[N+]CC(C)(C)OCC. The van der Waals surface area contributed by atoms with Gasteiger partial charge in [-0.2, -0.15) is 0 Å². The van der Waals surface area contributed by atoms with Crippen LogP contribution in [0.3, 0.4) is 0 Å². The van der Waals surface area contributed by atoms with E-state index in [9.17, 15) is 0 Å². The first kappa shape index (κ1) is 12.7. The summed E-state index contributed by atoms with van der Waals surface area (Å²) in [6.45, 7) is 13.5. The van der Waals surface area contributed by atoms with Crippen LogP contribution in [0.25, 0.3) is 4.85 Å². The van der Waals surface area contributed by atoms with Gasteiger partial charge >= 0.3 is 0 Å². The molecule has 3 heteroatoms. The molecule has 0 atom stereocenters. The van der Waals surface area contributed by atoms with Gasteiger partial charge in [0.25, 0.3) is 0 Å². The van der Waals surface area contributed by atoms with Crippen molar-refractivity contribution in [2.24, 2.45) is 0 Å². The van der Waals surface area contributed by atoms with E-state index in [4.69, 9.17) is 11.3 Å². The van der Waals surface area contributed by atoms with Crippen molar-refractivity contribution in [1.82, 2.24) is 0 Å². The normalized spacial score (nSPS) is 9.80. The summed E-state index contributed by atoms with van der Waals surface area (Å²) < 4.78 is 5.26. The van der Waals surface area contributed by atoms with Crippen molar-refractivity contribution in [3.63, 3.8) is 0 Å². The average Bonchev–Trinajstić information content (AvgIpc) is 1.64. The van der Waals surface area contributed by atoms with E-state index in [-0.39, 0.29) is 25.7 Å². The number of hydrogen-bond donors (Lipinski definition) is 0. The standard InChI is InChI=1S/C7H13NO.Tc/c1-5-9-7(2,3)6-8-4;/h5-6H2,1-3H3;/i;1+1. The quantitative estimate of drug-likeness (QED) is 0.668.